The maximum atomic E-state index is 13.0. The van der Waals surface area contributed by atoms with Crippen LogP contribution in [0.4, 0.5) is 10.5 Å². The van der Waals surface area contributed by atoms with Crippen molar-refractivity contribution in [3.05, 3.63) is 53.6 Å². The lowest BCUT2D eigenvalue weighted by molar-refractivity contribution is -0.108. The van der Waals surface area contributed by atoms with E-state index in [1.807, 2.05) is 43.3 Å². The van der Waals surface area contributed by atoms with Gasteiger partial charge in [-0.2, -0.15) is 0 Å². The standard InChI is InChI=1S/C23H28N2O5/c1-5-30-23(27)24(14-17-9-7-6-8-10-17)19-11-16(2)25(15-26)20-13-22(29-4)21(28-3)12-18(19)20/h6-10,12-13,15-16,19H,5,11,14H2,1-4H3/t16-,19+/m0/s1. The molecule has 0 spiro atoms. The van der Waals surface area contributed by atoms with Crippen LogP contribution in [0.15, 0.2) is 42.5 Å². The van der Waals surface area contributed by atoms with Gasteiger partial charge in [0.1, 0.15) is 0 Å². The molecule has 2 amide bonds. The Balaban J connectivity index is 2.11. The van der Waals surface area contributed by atoms with Crippen molar-refractivity contribution in [2.75, 3.05) is 25.7 Å². The number of carbonyl (C=O) groups excluding carboxylic acids is 2. The first-order valence-electron chi connectivity index (χ1n) is 10.0. The molecule has 0 fully saturated rings. The van der Waals surface area contributed by atoms with Crippen LogP contribution in [0.1, 0.15) is 37.4 Å². The molecule has 2 aromatic rings. The molecule has 0 saturated carbocycles. The highest BCUT2D eigenvalue weighted by atomic mass is 16.6. The number of rotatable bonds is 7. The summed E-state index contributed by atoms with van der Waals surface area (Å²) in [7, 11) is 3.12. The minimum atomic E-state index is -0.390. The summed E-state index contributed by atoms with van der Waals surface area (Å²) in [5.74, 6) is 1.08. The highest BCUT2D eigenvalue weighted by Gasteiger charge is 2.37. The summed E-state index contributed by atoms with van der Waals surface area (Å²) < 4.78 is 16.3. The van der Waals surface area contributed by atoms with Crippen LogP contribution in [-0.2, 0) is 16.1 Å². The number of amides is 2. The molecule has 0 aromatic heterocycles. The Morgan fingerprint density at radius 1 is 1.17 bits per heavy atom. The number of ether oxygens (including phenoxy) is 3. The van der Waals surface area contributed by atoms with Gasteiger partial charge in [-0.15, -0.1) is 0 Å². The highest BCUT2D eigenvalue weighted by Crippen LogP contribution is 2.45. The van der Waals surface area contributed by atoms with Crippen molar-refractivity contribution >= 4 is 18.2 Å². The average Bonchev–Trinajstić information content (AvgIpc) is 2.77. The van der Waals surface area contributed by atoms with Crippen LogP contribution in [0.3, 0.4) is 0 Å². The Bertz CT molecular complexity index is 887. The number of anilines is 1. The highest BCUT2D eigenvalue weighted by molar-refractivity contribution is 5.82. The molecule has 2 atom stereocenters. The Hall–Kier alpha value is -3.22. The molecule has 160 valence electrons. The lowest BCUT2D eigenvalue weighted by Gasteiger charge is -2.42. The summed E-state index contributed by atoms with van der Waals surface area (Å²) in [6, 6.07) is 13.0. The number of hydrogen-bond donors (Lipinski definition) is 0. The van der Waals surface area contributed by atoms with Gasteiger partial charge in [-0.3, -0.25) is 9.69 Å². The summed E-state index contributed by atoms with van der Waals surface area (Å²) >= 11 is 0. The molecule has 2 aromatic carbocycles. The molecule has 0 saturated heterocycles. The summed E-state index contributed by atoms with van der Waals surface area (Å²) in [5.41, 5.74) is 2.52. The van der Waals surface area contributed by atoms with Gasteiger partial charge < -0.3 is 19.1 Å². The monoisotopic (exact) mass is 412 g/mol. The third-order valence-electron chi connectivity index (χ3n) is 5.40. The van der Waals surface area contributed by atoms with Gasteiger partial charge in [-0.05, 0) is 31.9 Å². The van der Waals surface area contributed by atoms with E-state index in [-0.39, 0.29) is 24.8 Å². The second-order valence-electron chi connectivity index (χ2n) is 7.19. The third kappa shape index (κ3) is 4.20. The van der Waals surface area contributed by atoms with Crippen LogP contribution in [-0.4, -0.2) is 44.3 Å². The predicted octanol–water partition coefficient (Wildman–Crippen LogP) is 4.16. The van der Waals surface area contributed by atoms with Crippen LogP contribution < -0.4 is 14.4 Å². The Labute approximate surface area is 177 Å². The van der Waals surface area contributed by atoms with Crippen molar-refractivity contribution < 1.29 is 23.8 Å². The molecule has 1 aliphatic rings. The van der Waals surface area contributed by atoms with Crippen LogP contribution in [0, 0.1) is 0 Å². The van der Waals surface area contributed by atoms with E-state index in [1.54, 1.807) is 37.0 Å². The van der Waals surface area contributed by atoms with Crippen LogP contribution >= 0.6 is 0 Å². The van der Waals surface area contributed by atoms with Gasteiger partial charge >= 0.3 is 6.09 Å². The molecule has 1 aliphatic heterocycles. The van der Waals surface area contributed by atoms with Crippen LogP contribution in [0.2, 0.25) is 0 Å². The van der Waals surface area contributed by atoms with E-state index in [4.69, 9.17) is 14.2 Å². The van der Waals surface area contributed by atoms with Gasteiger partial charge in [-0.25, -0.2) is 4.79 Å². The van der Waals surface area contributed by atoms with E-state index in [9.17, 15) is 9.59 Å². The van der Waals surface area contributed by atoms with E-state index in [1.165, 1.54) is 0 Å². The fraction of sp³-hybridized carbons (Fsp3) is 0.391. The average molecular weight is 412 g/mol. The molecule has 7 nitrogen and oxygen atoms in total. The van der Waals surface area contributed by atoms with Crippen molar-refractivity contribution in [2.24, 2.45) is 0 Å². The molecule has 0 N–H and O–H groups in total. The van der Waals surface area contributed by atoms with E-state index in [0.29, 0.717) is 30.2 Å². The Kier molecular flexibility index (Phi) is 6.82. The molecule has 30 heavy (non-hydrogen) atoms. The van der Waals surface area contributed by atoms with Crippen molar-refractivity contribution in [3.63, 3.8) is 0 Å². The number of fused-ring (bicyclic) bond motifs is 1. The van der Waals surface area contributed by atoms with Gasteiger partial charge in [0, 0.05) is 24.2 Å². The van der Waals surface area contributed by atoms with Crippen molar-refractivity contribution in [1.29, 1.82) is 0 Å². The SMILES string of the molecule is CCOC(=O)N(Cc1ccccc1)[C@@H]1C[C@H](C)N(C=O)c2cc(OC)c(OC)cc21. The first-order chi connectivity index (χ1) is 14.5. The van der Waals surface area contributed by atoms with E-state index in [0.717, 1.165) is 17.5 Å². The number of carbonyl (C=O) groups is 2. The quantitative estimate of drug-likeness (QED) is 0.639. The summed E-state index contributed by atoms with van der Waals surface area (Å²) in [4.78, 5) is 28.2. The van der Waals surface area contributed by atoms with Gasteiger partial charge in [0.15, 0.2) is 11.5 Å². The molecular formula is C23H28N2O5. The zero-order chi connectivity index (χ0) is 21.7. The van der Waals surface area contributed by atoms with Crippen molar-refractivity contribution in [1.82, 2.24) is 4.90 Å². The smallest absolute Gasteiger partial charge is 0.410 e. The maximum absolute atomic E-state index is 13.0. The predicted molar refractivity (Wildman–Crippen MR) is 114 cm³/mol. The topological polar surface area (TPSA) is 68.3 Å². The van der Waals surface area contributed by atoms with E-state index < -0.39 is 0 Å². The summed E-state index contributed by atoms with van der Waals surface area (Å²) in [6.45, 7) is 4.43. The van der Waals surface area contributed by atoms with Crippen molar-refractivity contribution in [2.45, 2.75) is 38.9 Å². The second-order valence-corrected chi connectivity index (χ2v) is 7.19. The molecule has 0 radical (unpaired) electrons. The minimum absolute atomic E-state index is 0.106. The summed E-state index contributed by atoms with van der Waals surface area (Å²) in [5, 5.41) is 0. The van der Waals surface area contributed by atoms with Gasteiger partial charge in [0.05, 0.1) is 32.6 Å². The van der Waals surface area contributed by atoms with Crippen LogP contribution in [0.25, 0.3) is 0 Å². The lowest BCUT2D eigenvalue weighted by atomic mass is 9.90. The van der Waals surface area contributed by atoms with Gasteiger partial charge in [-0.1, -0.05) is 30.3 Å². The maximum Gasteiger partial charge on any atom is 0.410 e. The summed E-state index contributed by atoms with van der Waals surface area (Å²) in [6.07, 6.45) is 1.00. The fourth-order valence-electron chi connectivity index (χ4n) is 3.92. The van der Waals surface area contributed by atoms with Gasteiger partial charge in [0.25, 0.3) is 0 Å². The normalized spacial score (nSPS) is 17.7. The van der Waals surface area contributed by atoms with E-state index >= 15 is 0 Å². The number of methoxy groups -OCH3 is 2. The molecule has 0 aliphatic carbocycles. The number of hydrogen-bond acceptors (Lipinski definition) is 5. The molecule has 7 heteroatoms. The lowest BCUT2D eigenvalue weighted by Crippen LogP contribution is -2.44. The minimum Gasteiger partial charge on any atom is -0.493 e. The van der Waals surface area contributed by atoms with Crippen molar-refractivity contribution in [3.8, 4) is 11.5 Å². The molecular weight excluding hydrogens is 384 g/mol. The zero-order valence-electron chi connectivity index (χ0n) is 17.8. The number of nitrogens with zero attached hydrogens (tertiary/aromatic N) is 2. The Morgan fingerprint density at radius 3 is 2.43 bits per heavy atom. The molecule has 3 rings (SSSR count). The second kappa shape index (κ2) is 9.52. The van der Waals surface area contributed by atoms with Crippen LogP contribution in [0.5, 0.6) is 11.5 Å². The first kappa shape index (κ1) is 21.5. The molecule has 0 bridgehead atoms. The zero-order valence-corrected chi connectivity index (χ0v) is 17.8. The Morgan fingerprint density at radius 2 is 1.83 bits per heavy atom. The third-order valence-corrected chi connectivity index (χ3v) is 5.40. The first-order valence-corrected chi connectivity index (χ1v) is 10.0. The van der Waals surface area contributed by atoms with E-state index in [2.05, 4.69) is 0 Å². The largest absolute Gasteiger partial charge is 0.493 e. The molecule has 1 heterocycles. The number of benzene rings is 2. The fourth-order valence-corrected chi connectivity index (χ4v) is 3.92. The van der Waals surface area contributed by atoms with Gasteiger partial charge in [0.2, 0.25) is 6.41 Å². The molecule has 0 unspecified atom stereocenters.